The van der Waals surface area contributed by atoms with Gasteiger partial charge in [-0.1, -0.05) is 6.07 Å². The van der Waals surface area contributed by atoms with Crippen molar-refractivity contribution in [3.8, 4) is 5.75 Å². The van der Waals surface area contributed by atoms with Crippen molar-refractivity contribution in [3.63, 3.8) is 0 Å². The molecule has 1 amide bonds. The zero-order valence-corrected chi connectivity index (χ0v) is 12.5. The summed E-state index contributed by atoms with van der Waals surface area (Å²) in [5.41, 5.74) is -0.420. The summed E-state index contributed by atoms with van der Waals surface area (Å²) in [6.07, 6.45) is -2.20. The number of alkyl halides is 2. The third-order valence-electron chi connectivity index (χ3n) is 2.70. The number of halogens is 2. The van der Waals surface area contributed by atoms with Crippen molar-refractivity contribution in [1.29, 1.82) is 0 Å². The van der Waals surface area contributed by atoms with Crippen LogP contribution in [-0.4, -0.2) is 32.3 Å². The summed E-state index contributed by atoms with van der Waals surface area (Å²) >= 11 is 0. The highest BCUT2D eigenvalue weighted by Gasteiger charge is 2.23. The molecule has 6 heteroatoms. The van der Waals surface area contributed by atoms with Crippen LogP contribution in [0.15, 0.2) is 18.2 Å². The van der Waals surface area contributed by atoms with Gasteiger partial charge in [-0.2, -0.15) is 0 Å². The van der Waals surface area contributed by atoms with Gasteiger partial charge in [0.2, 0.25) is 0 Å². The maximum atomic E-state index is 13.3. The van der Waals surface area contributed by atoms with Gasteiger partial charge in [-0.15, -0.1) is 0 Å². The quantitative estimate of drug-likeness (QED) is 0.750. The van der Waals surface area contributed by atoms with Gasteiger partial charge in [0.05, 0.1) is 17.7 Å². The minimum Gasteiger partial charge on any atom is -0.493 e. The molecule has 1 N–H and O–H groups in total. The molecule has 0 aromatic heterocycles. The van der Waals surface area contributed by atoms with Crippen LogP contribution in [0.5, 0.6) is 5.75 Å². The maximum absolute atomic E-state index is 13.3. The van der Waals surface area contributed by atoms with Gasteiger partial charge < -0.3 is 14.8 Å². The number of hydrogen-bond donors (Lipinski definition) is 1. The van der Waals surface area contributed by atoms with Crippen LogP contribution in [0.25, 0.3) is 0 Å². The summed E-state index contributed by atoms with van der Waals surface area (Å²) in [6, 6.07) is 4.23. The summed E-state index contributed by atoms with van der Waals surface area (Å²) in [7, 11) is 1.56. The third kappa shape index (κ3) is 5.30. The first-order chi connectivity index (χ1) is 9.97. The van der Waals surface area contributed by atoms with E-state index in [1.807, 2.05) is 0 Å². The molecule has 21 heavy (non-hydrogen) atoms. The van der Waals surface area contributed by atoms with E-state index in [-0.39, 0.29) is 29.5 Å². The standard InChI is InChI=1S/C15H21F2NO3/c1-10(2)18-15(19)11-6-4-7-12(13(11)14(16)17)21-9-5-8-20-3/h4,6-7,10,14H,5,8-9H2,1-3H3,(H,18,19). The zero-order chi connectivity index (χ0) is 15.8. The molecule has 0 fully saturated rings. The highest BCUT2D eigenvalue weighted by molar-refractivity contribution is 5.96. The Kier molecular flexibility index (Phi) is 7.08. The molecule has 0 aliphatic carbocycles. The van der Waals surface area contributed by atoms with Crippen LogP contribution in [0.4, 0.5) is 8.78 Å². The van der Waals surface area contributed by atoms with Crippen LogP contribution < -0.4 is 10.1 Å². The lowest BCUT2D eigenvalue weighted by Crippen LogP contribution is -2.31. The van der Waals surface area contributed by atoms with Gasteiger partial charge in [-0.3, -0.25) is 4.79 Å². The van der Waals surface area contributed by atoms with Crippen LogP contribution >= 0.6 is 0 Å². The van der Waals surface area contributed by atoms with Crippen molar-refractivity contribution < 1.29 is 23.0 Å². The van der Waals surface area contributed by atoms with E-state index in [1.54, 1.807) is 21.0 Å². The molecule has 1 rings (SSSR count). The number of carbonyl (C=O) groups excluding carboxylic acids is 1. The fourth-order valence-corrected chi connectivity index (χ4v) is 1.82. The van der Waals surface area contributed by atoms with E-state index in [4.69, 9.17) is 9.47 Å². The lowest BCUT2D eigenvalue weighted by atomic mass is 10.1. The molecule has 1 aromatic carbocycles. The molecule has 0 heterocycles. The Hall–Kier alpha value is -1.69. The van der Waals surface area contributed by atoms with Gasteiger partial charge in [0, 0.05) is 26.2 Å². The second kappa shape index (κ2) is 8.56. The fourth-order valence-electron chi connectivity index (χ4n) is 1.82. The molecule has 118 valence electrons. The van der Waals surface area contributed by atoms with Crippen molar-refractivity contribution in [2.75, 3.05) is 20.3 Å². The number of hydrogen-bond acceptors (Lipinski definition) is 3. The maximum Gasteiger partial charge on any atom is 0.268 e. The lowest BCUT2D eigenvalue weighted by molar-refractivity contribution is 0.0925. The van der Waals surface area contributed by atoms with E-state index in [0.29, 0.717) is 13.0 Å². The van der Waals surface area contributed by atoms with Crippen LogP contribution in [-0.2, 0) is 4.74 Å². The van der Waals surface area contributed by atoms with Crippen molar-refractivity contribution >= 4 is 5.91 Å². The minimum atomic E-state index is -2.78. The predicted molar refractivity (Wildman–Crippen MR) is 76.0 cm³/mol. The summed E-state index contributed by atoms with van der Waals surface area (Å²) < 4.78 is 36.8. The Morgan fingerprint density at radius 3 is 2.57 bits per heavy atom. The SMILES string of the molecule is COCCCOc1cccc(C(=O)NC(C)C)c1C(F)F. The summed E-state index contributed by atoms with van der Waals surface area (Å²) in [6.45, 7) is 4.27. The first-order valence-corrected chi connectivity index (χ1v) is 6.81. The van der Waals surface area contributed by atoms with Gasteiger partial charge in [-0.25, -0.2) is 8.78 Å². The van der Waals surface area contributed by atoms with Gasteiger partial charge in [0.1, 0.15) is 5.75 Å². The van der Waals surface area contributed by atoms with Crippen LogP contribution in [0, 0.1) is 0 Å². The van der Waals surface area contributed by atoms with Crippen molar-refractivity contribution in [3.05, 3.63) is 29.3 Å². The Morgan fingerprint density at radius 2 is 2.00 bits per heavy atom. The number of benzene rings is 1. The number of nitrogens with one attached hydrogen (secondary N) is 1. The van der Waals surface area contributed by atoms with Gasteiger partial charge in [0.15, 0.2) is 0 Å². The molecule has 0 unspecified atom stereocenters. The lowest BCUT2D eigenvalue weighted by Gasteiger charge is -2.16. The van der Waals surface area contributed by atoms with Crippen LogP contribution in [0.3, 0.4) is 0 Å². The second-order valence-corrected chi connectivity index (χ2v) is 4.84. The normalized spacial score (nSPS) is 11.0. The van der Waals surface area contributed by atoms with Crippen LogP contribution in [0.2, 0.25) is 0 Å². The molecule has 0 spiro atoms. The molecule has 0 aliphatic rings. The Balaban J connectivity index is 2.95. The Morgan fingerprint density at radius 1 is 1.29 bits per heavy atom. The summed E-state index contributed by atoms with van der Waals surface area (Å²) in [5.74, 6) is -0.486. The van der Waals surface area contributed by atoms with E-state index in [0.717, 1.165) is 0 Å². The fraction of sp³-hybridized carbons (Fsp3) is 0.533. The molecule has 0 saturated carbocycles. The van der Waals surface area contributed by atoms with Crippen molar-refractivity contribution in [2.24, 2.45) is 0 Å². The first kappa shape index (κ1) is 17.4. The van der Waals surface area contributed by atoms with Gasteiger partial charge in [0.25, 0.3) is 12.3 Å². The number of ether oxygens (including phenoxy) is 2. The Bertz CT molecular complexity index is 464. The summed E-state index contributed by atoms with van der Waals surface area (Å²) in [5, 5.41) is 2.61. The number of methoxy groups -OCH3 is 1. The van der Waals surface area contributed by atoms with E-state index in [1.165, 1.54) is 18.2 Å². The average Bonchev–Trinajstić information content (AvgIpc) is 2.42. The molecule has 1 aromatic rings. The van der Waals surface area contributed by atoms with E-state index >= 15 is 0 Å². The van der Waals surface area contributed by atoms with Crippen LogP contribution in [0.1, 0.15) is 42.6 Å². The highest BCUT2D eigenvalue weighted by Crippen LogP contribution is 2.32. The largest absolute Gasteiger partial charge is 0.493 e. The molecular formula is C15H21F2NO3. The first-order valence-electron chi connectivity index (χ1n) is 6.81. The van der Waals surface area contributed by atoms with E-state index in [9.17, 15) is 13.6 Å². The molecule has 4 nitrogen and oxygen atoms in total. The van der Waals surface area contributed by atoms with Gasteiger partial charge >= 0.3 is 0 Å². The molecule has 0 radical (unpaired) electrons. The minimum absolute atomic E-state index is 0.0394. The second-order valence-electron chi connectivity index (χ2n) is 4.84. The molecular weight excluding hydrogens is 280 g/mol. The molecule has 0 aliphatic heterocycles. The van der Waals surface area contributed by atoms with E-state index in [2.05, 4.69) is 5.32 Å². The average molecular weight is 301 g/mol. The molecule has 0 atom stereocenters. The monoisotopic (exact) mass is 301 g/mol. The Labute approximate surface area is 123 Å². The summed E-state index contributed by atoms with van der Waals surface area (Å²) in [4.78, 5) is 12.0. The highest BCUT2D eigenvalue weighted by atomic mass is 19.3. The predicted octanol–water partition coefficient (Wildman–Crippen LogP) is 3.18. The number of amides is 1. The van der Waals surface area contributed by atoms with Crippen molar-refractivity contribution in [1.82, 2.24) is 5.32 Å². The topological polar surface area (TPSA) is 47.6 Å². The number of carbonyl (C=O) groups is 1. The molecule has 0 saturated heterocycles. The number of rotatable bonds is 8. The zero-order valence-electron chi connectivity index (χ0n) is 12.5. The molecule has 0 bridgehead atoms. The van der Waals surface area contributed by atoms with E-state index < -0.39 is 12.3 Å². The van der Waals surface area contributed by atoms with Gasteiger partial charge in [-0.05, 0) is 26.0 Å². The van der Waals surface area contributed by atoms with Crippen molar-refractivity contribution in [2.45, 2.75) is 32.7 Å². The smallest absolute Gasteiger partial charge is 0.268 e. The third-order valence-corrected chi connectivity index (χ3v) is 2.70.